The molecule has 0 fully saturated rings. The van der Waals surface area contributed by atoms with Gasteiger partial charge in [-0.25, -0.2) is 13.8 Å². The molecule has 0 spiro atoms. The first-order valence-corrected chi connectivity index (χ1v) is 4.15. The molecule has 0 aliphatic heterocycles. The van der Waals surface area contributed by atoms with Gasteiger partial charge in [-0.3, -0.25) is 5.84 Å². The molecule has 0 saturated heterocycles. The van der Waals surface area contributed by atoms with Crippen LogP contribution in [0, 0.1) is 6.92 Å². The summed E-state index contributed by atoms with van der Waals surface area (Å²) in [6, 6.07) is 1.18. The van der Waals surface area contributed by atoms with Crippen molar-refractivity contribution >= 4 is 16.8 Å². The number of rotatable bonds is 2. The first kappa shape index (κ1) is 9.78. The Bertz CT molecular complexity index is 497. The van der Waals surface area contributed by atoms with E-state index in [0.717, 1.165) is 0 Å². The summed E-state index contributed by atoms with van der Waals surface area (Å²) >= 11 is 0. The fraction of sp³-hybridized carbons (Fsp3) is 0.250. The van der Waals surface area contributed by atoms with Crippen molar-refractivity contribution in [3.05, 3.63) is 17.5 Å². The number of hydrogen-bond donors (Lipinski definition) is 2. The number of nitrogens with one attached hydrogen (secondary N) is 1. The number of hydrazine groups is 1. The summed E-state index contributed by atoms with van der Waals surface area (Å²) in [4.78, 5) is 3.63. The number of halogens is 2. The number of pyridine rings is 1. The molecule has 0 aromatic carbocycles. The monoisotopic (exact) mass is 214 g/mol. The van der Waals surface area contributed by atoms with E-state index >= 15 is 0 Å². The van der Waals surface area contributed by atoms with Crippen LogP contribution in [0.2, 0.25) is 0 Å². The number of anilines is 1. The Labute approximate surface area is 83.2 Å². The van der Waals surface area contributed by atoms with Crippen molar-refractivity contribution in [3.63, 3.8) is 0 Å². The first-order chi connectivity index (χ1) is 7.13. The Morgan fingerprint density at radius 3 is 2.87 bits per heavy atom. The van der Waals surface area contributed by atoms with Gasteiger partial charge in [-0.2, -0.15) is 0 Å². The van der Waals surface area contributed by atoms with Crippen LogP contribution in [0.4, 0.5) is 14.5 Å². The molecule has 3 N–H and O–H groups in total. The summed E-state index contributed by atoms with van der Waals surface area (Å²) in [5, 5.41) is 4.14. The lowest BCUT2D eigenvalue weighted by Gasteiger charge is -2.04. The Hall–Kier alpha value is -1.76. The molecule has 0 atom stereocenters. The molecule has 0 amide bonds. The van der Waals surface area contributed by atoms with E-state index in [1.807, 2.05) is 0 Å². The van der Waals surface area contributed by atoms with Gasteiger partial charge in [-0.15, -0.1) is 0 Å². The molecule has 2 heterocycles. The van der Waals surface area contributed by atoms with Gasteiger partial charge in [0, 0.05) is 0 Å². The third kappa shape index (κ3) is 1.50. The number of aryl methyl sites for hydroxylation is 1. The number of fused-ring (bicyclic) bond motifs is 1. The molecule has 0 aliphatic rings. The molecular weight excluding hydrogens is 206 g/mol. The molecule has 0 aliphatic carbocycles. The van der Waals surface area contributed by atoms with Crippen LogP contribution < -0.4 is 11.3 Å². The number of nitrogen functional groups attached to an aromatic ring is 1. The fourth-order valence-corrected chi connectivity index (χ4v) is 1.34. The van der Waals surface area contributed by atoms with Gasteiger partial charge in [0.25, 0.3) is 12.1 Å². The Kier molecular flexibility index (Phi) is 2.24. The molecule has 7 heteroatoms. The Balaban J connectivity index is 2.73. The maximum atomic E-state index is 12.4. The maximum absolute atomic E-state index is 12.4. The topological polar surface area (TPSA) is 77.0 Å². The van der Waals surface area contributed by atoms with Gasteiger partial charge in [-0.05, 0) is 13.0 Å². The van der Waals surface area contributed by atoms with E-state index < -0.39 is 12.1 Å². The zero-order valence-electron chi connectivity index (χ0n) is 7.79. The number of nitrogens with zero attached hydrogens (tertiary/aromatic N) is 2. The van der Waals surface area contributed by atoms with Crippen LogP contribution in [0.5, 0.6) is 0 Å². The SMILES string of the molecule is Cc1noc2nc(C(F)F)cc(NN)c12. The largest absolute Gasteiger partial charge is 0.335 e. The molecule has 2 aromatic heterocycles. The quantitative estimate of drug-likeness (QED) is 0.588. The molecule has 0 radical (unpaired) electrons. The molecule has 0 unspecified atom stereocenters. The Morgan fingerprint density at radius 1 is 1.53 bits per heavy atom. The number of hydrogen-bond acceptors (Lipinski definition) is 5. The number of alkyl halides is 2. The van der Waals surface area contributed by atoms with Crippen molar-refractivity contribution in [1.29, 1.82) is 0 Å². The van der Waals surface area contributed by atoms with Gasteiger partial charge in [0.1, 0.15) is 5.69 Å². The molecule has 2 aromatic rings. The third-order valence-electron chi connectivity index (χ3n) is 2.02. The summed E-state index contributed by atoms with van der Waals surface area (Å²) in [7, 11) is 0. The molecule has 2 rings (SSSR count). The average molecular weight is 214 g/mol. The van der Waals surface area contributed by atoms with Gasteiger partial charge in [0.15, 0.2) is 0 Å². The standard InChI is InChI=1S/C8H8F2N4O/c1-3-6-4(13-11)2-5(7(9)10)12-8(6)15-14-3/h2,7H,11H2,1H3,(H,12,13). The average Bonchev–Trinajstić information content (AvgIpc) is 2.59. The van der Waals surface area contributed by atoms with Crippen LogP contribution in [0.1, 0.15) is 17.8 Å². The number of aromatic nitrogens is 2. The minimum Gasteiger partial charge on any atom is -0.335 e. The molecule has 15 heavy (non-hydrogen) atoms. The van der Waals surface area contributed by atoms with E-state index in [2.05, 4.69) is 15.6 Å². The van der Waals surface area contributed by atoms with Gasteiger partial charge < -0.3 is 9.95 Å². The van der Waals surface area contributed by atoms with Gasteiger partial charge >= 0.3 is 0 Å². The van der Waals surface area contributed by atoms with Crippen molar-refractivity contribution in [1.82, 2.24) is 10.1 Å². The van der Waals surface area contributed by atoms with Crippen molar-refractivity contribution in [2.45, 2.75) is 13.3 Å². The molecule has 0 bridgehead atoms. The normalized spacial score (nSPS) is 11.3. The van der Waals surface area contributed by atoms with E-state index in [1.54, 1.807) is 6.92 Å². The molecule has 0 saturated carbocycles. The van der Waals surface area contributed by atoms with Gasteiger partial charge in [0.05, 0.1) is 16.8 Å². The van der Waals surface area contributed by atoms with Gasteiger partial charge in [0.2, 0.25) is 0 Å². The smallest absolute Gasteiger partial charge is 0.280 e. The van der Waals surface area contributed by atoms with E-state index in [1.165, 1.54) is 6.07 Å². The van der Waals surface area contributed by atoms with Crippen LogP contribution in [-0.2, 0) is 0 Å². The second-order valence-corrected chi connectivity index (χ2v) is 2.99. The fourth-order valence-electron chi connectivity index (χ4n) is 1.34. The van der Waals surface area contributed by atoms with E-state index in [-0.39, 0.29) is 5.71 Å². The highest BCUT2D eigenvalue weighted by molar-refractivity contribution is 5.89. The lowest BCUT2D eigenvalue weighted by Crippen LogP contribution is -2.08. The predicted octanol–water partition coefficient (Wildman–Crippen LogP) is 1.75. The maximum Gasteiger partial charge on any atom is 0.280 e. The zero-order valence-corrected chi connectivity index (χ0v) is 7.79. The summed E-state index contributed by atoms with van der Waals surface area (Å²) in [6.45, 7) is 1.68. The Morgan fingerprint density at radius 2 is 2.27 bits per heavy atom. The predicted molar refractivity (Wildman–Crippen MR) is 49.3 cm³/mol. The van der Waals surface area contributed by atoms with E-state index in [9.17, 15) is 8.78 Å². The highest BCUT2D eigenvalue weighted by atomic mass is 19.3. The van der Waals surface area contributed by atoms with Crippen molar-refractivity contribution in [2.24, 2.45) is 5.84 Å². The van der Waals surface area contributed by atoms with Crippen LogP contribution in [0.15, 0.2) is 10.6 Å². The van der Waals surface area contributed by atoms with E-state index in [0.29, 0.717) is 16.8 Å². The summed E-state index contributed by atoms with van der Waals surface area (Å²) in [5.41, 5.74) is 2.85. The van der Waals surface area contributed by atoms with Crippen molar-refractivity contribution in [2.75, 3.05) is 5.43 Å². The highest BCUT2D eigenvalue weighted by Gasteiger charge is 2.17. The first-order valence-electron chi connectivity index (χ1n) is 4.15. The minimum absolute atomic E-state index is 0.0539. The lowest BCUT2D eigenvalue weighted by atomic mass is 10.2. The van der Waals surface area contributed by atoms with E-state index in [4.69, 9.17) is 10.4 Å². The van der Waals surface area contributed by atoms with Gasteiger partial charge in [-0.1, -0.05) is 5.16 Å². The molecule has 5 nitrogen and oxygen atoms in total. The van der Waals surface area contributed by atoms with Crippen molar-refractivity contribution < 1.29 is 13.3 Å². The second-order valence-electron chi connectivity index (χ2n) is 2.99. The lowest BCUT2D eigenvalue weighted by molar-refractivity contribution is 0.146. The van der Waals surface area contributed by atoms with Crippen LogP contribution in [0.3, 0.4) is 0 Å². The number of nitrogens with two attached hydrogens (primary N) is 1. The summed E-state index contributed by atoms with van der Waals surface area (Å²) in [6.07, 6.45) is -2.67. The van der Waals surface area contributed by atoms with Crippen molar-refractivity contribution in [3.8, 4) is 0 Å². The second kappa shape index (κ2) is 3.43. The third-order valence-corrected chi connectivity index (χ3v) is 2.02. The molecule has 80 valence electrons. The highest BCUT2D eigenvalue weighted by Crippen LogP contribution is 2.28. The summed E-state index contributed by atoms with van der Waals surface area (Å²) < 4.78 is 29.6. The van der Waals surface area contributed by atoms with Crippen LogP contribution >= 0.6 is 0 Å². The van der Waals surface area contributed by atoms with Crippen LogP contribution in [-0.4, -0.2) is 10.1 Å². The minimum atomic E-state index is -2.67. The molecular formula is C8H8F2N4O. The zero-order chi connectivity index (χ0) is 11.0. The summed E-state index contributed by atoms with van der Waals surface area (Å²) in [5.74, 6) is 5.22. The van der Waals surface area contributed by atoms with Crippen LogP contribution in [0.25, 0.3) is 11.1 Å².